The third kappa shape index (κ3) is 4.51. The van der Waals surface area contributed by atoms with Crippen LogP contribution in [0.2, 0.25) is 0 Å². The first-order chi connectivity index (χ1) is 14.5. The second-order valence-corrected chi connectivity index (χ2v) is 8.41. The molecule has 2 heterocycles. The molecule has 0 radical (unpaired) electrons. The topological polar surface area (TPSA) is 58.1 Å². The average molecular weight is 469 g/mol. The number of hydrogen-bond donors (Lipinski definition) is 1. The van der Waals surface area contributed by atoms with Gasteiger partial charge in [0, 0.05) is 23.1 Å². The number of rotatable bonds is 4. The zero-order valence-electron chi connectivity index (χ0n) is 16.6. The van der Waals surface area contributed by atoms with Crippen LogP contribution in [0.4, 0.5) is 15.9 Å². The summed E-state index contributed by atoms with van der Waals surface area (Å²) in [5.74, 6) is -0.118. The summed E-state index contributed by atoms with van der Waals surface area (Å²) in [7, 11) is 0. The highest BCUT2D eigenvalue weighted by molar-refractivity contribution is 9.10. The Kier molecular flexibility index (Phi) is 6.08. The number of benzene rings is 2. The molecular weight excluding hydrogens is 447 g/mol. The SMILES string of the molecule is Cc1ccccc1-c1ccc(N2CCCC(C(=O)Nc3ccc(Br)cc3F)C2)nn1. The molecule has 3 aromatic rings. The molecule has 1 aromatic heterocycles. The van der Waals surface area contributed by atoms with Crippen molar-refractivity contribution >= 4 is 33.3 Å². The van der Waals surface area contributed by atoms with Crippen molar-refractivity contribution in [2.45, 2.75) is 19.8 Å². The molecule has 0 bridgehead atoms. The molecule has 4 rings (SSSR count). The molecule has 5 nitrogen and oxygen atoms in total. The second-order valence-electron chi connectivity index (χ2n) is 7.49. The fourth-order valence-corrected chi connectivity index (χ4v) is 4.06. The van der Waals surface area contributed by atoms with Gasteiger partial charge in [0.25, 0.3) is 0 Å². The van der Waals surface area contributed by atoms with Crippen LogP contribution in [0.3, 0.4) is 0 Å². The number of carbonyl (C=O) groups is 1. The largest absolute Gasteiger partial charge is 0.354 e. The minimum absolute atomic E-state index is 0.176. The molecule has 30 heavy (non-hydrogen) atoms. The molecule has 0 spiro atoms. The Labute approximate surface area is 183 Å². The molecule has 1 atom stereocenters. The van der Waals surface area contributed by atoms with Crippen LogP contribution in [0.15, 0.2) is 59.1 Å². The van der Waals surface area contributed by atoms with E-state index in [0.29, 0.717) is 11.0 Å². The molecule has 0 saturated carbocycles. The number of anilines is 2. The maximum Gasteiger partial charge on any atom is 0.229 e. The maximum absolute atomic E-state index is 14.1. The van der Waals surface area contributed by atoms with Crippen LogP contribution < -0.4 is 10.2 Å². The lowest BCUT2D eigenvalue weighted by Gasteiger charge is -2.32. The predicted octanol–water partition coefficient (Wildman–Crippen LogP) is 5.21. The normalized spacial score (nSPS) is 16.4. The lowest BCUT2D eigenvalue weighted by atomic mass is 9.97. The van der Waals surface area contributed by atoms with Crippen molar-refractivity contribution in [2.24, 2.45) is 5.92 Å². The molecule has 1 aliphatic rings. The van der Waals surface area contributed by atoms with Gasteiger partial charge in [-0.3, -0.25) is 4.79 Å². The number of piperidine rings is 1. The van der Waals surface area contributed by atoms with E-state index in [9.17, 15) is 9.18 Å². The van der Waals surface area contributed by atoms with E-state index in [1.165, 1.54) is 6.07 Å². The summed E-state index contributed by atoms with van der Waals surface area (Å²) in [4.78, 5) is 14.8. The Hall–Kier alpha value is -2.80. The number of aryl methyl sites for hydroxylation is 1. The van der Waals surface area contributed by atoms with Crippen molar-refractivity contribution in [3.8, 4) is 11.3 Å². The fraction of sp³-hybridized carbons (Fsp3) is 0.261. The van der Waals surface area contributed by atoms with Crippen molar-refractivity contribution in [3.63, 3.8) is 0 Å². The van der Waals surface area contributed by atoms with Crippen LogP contribution in [0, 0.1) is 18.7 Å². The molecule has 1 aliphatic heterocycles. The molecule has 7 heteroatoms. The summed E-state index contributed by atoms with van der Waals surface area (Å²) in [6.45, 7) is 3.39. The predicted molar refractivity (Wildman–Crippen MR) is 120 cm³/mol. The van der Waals surface area contributed by atoms with Crippen LogP contribution in [-0.2, 0) is 4.79 Å². The average Bonchev–Trinajstić information content (AvgIpc) is 2.76. The van der Waals surface area contributed by atoms with Gasteiger partial charge >= 0.3 is 0 Å². The smallest absolute Gasteiger partial charge is 0.229 e. The van der Waals surface area contributed by atoms with Crippen molar-refractivity contribution < 1.29 is 9.18 Å². The quantitative estimate of drug-likeness (QED) is 0.570. The van der Waals surface area contributed by atoms with Gasteiger partial charge in [-0.05, 0) is 55.7 Å². The van der Waals surface area contributed by atoms with Crippen molar-refractivity contribution in [1.82, 2.24) is 10.2 Å². The van der Waals surface area contributed by atoms with Crippen molar-refractivity contribution in [2.75, 3.05) is 23.3 Å². The monoisotopic (exact) mass is 468 g/mol. The zero-order valence-corrected chi connectivity index (χ0v) is 18.2. The number of amides is 1. The summed E-state index contributed by atoms with van der Waals surface area (Å²) in [6, 6.07) is 16.6. The number of nitrogens with one attached hydrogen (secondary N) is 1. The minimum Gasteiger partial charge on any atom is -0.354 e. The van der Waals surface area contributed by atoms with Crippen LogP contribution in [0.5, 0.6) is 0 Å². The van der Waals surface area contributed by atoms with E-state index in [4.69, 9.17) is 0 Å². The first-order valence-corrected chi connectivity index (χ1v) is 10.7. The molecule has 2 aromatic carbocycles. The van der Waals surface area contributed by atoms with Crippen molar-refractivity contribution in [1.29, 1.82) is 0 Å². The number of hydrogen-bond acceptors (Lipinski definition) is 4. The number of halogens is 2. The highest BCUT2D eigenvalue weighted by Crippen LogP contribution is 2.26. The fourth-order valence-electron chi connectivity index (χ4n) is 3.72. The van der Waals surface area contributed by atoms with E-state index in [1.807, 2.05) is 43.3 Å². The number of nitrogens with zero attached hydrogens (tertiary/aromatic N) is 3. The summed E-state index contributed by atoms with van der Waals surface area (Å²) in [5.41, 5.74) is 3.23. The van der Waals surface area contributed by atoms with E-state index in [1.54, 1.807) is 12.1 Å². The van der Waals surface area contributed by atoms with Gasteiger partial charge in [0.15, 0.2) is 5.82 Å². The Morgan fingerprint density at radius 2 is 2.00 bits per heavy atom. The van der Waals surface area contributed by atoms with Crippen LogP contribution in [0.1, 0.15) is 18.4 Å². The van der Waals surface area contributed by atoms with Gasteiger partial charge in [-0.1, -0.05) is 40.2 Å². The lowest BCUT2D eigenvalue weighted by molar-refractivity contribution is -0.120. The Morgan fingerprint density at radius 3 is 2.73 bits per heavy atom. The third-order valence-corrected chi connectivity index (χ3v) is 5.87. The van der Waals surface area contributed by atoms with E-state index < -0.39 is 5.82 Å². The van der Waals surface area contributed by atoms with Gasteiger partial charge in [0.1, 0.15) is 5.82 Å². The zero-order chi connectivity index (χ0) is 21.1. The van der Waals surface area contributed by atoms with E-state index >= 15 is 0 Å². The van der Waals surface area contributed by atoms with Gasteiger partial charge in [0.05, 0.1) is 17.3 Å². The molecule has 1 amide bonds. The lowest BCUT2D eigenvalue weighted by Crippen LogP contribution is -2.41. The van der Waals surface area contributed by atoms with E-state index in [2.05, 4.69) is 36.3 Å². The first kappa shape index (κ1) is 20.5. The summed E-state index contributed by atoms with van der Waals surface area (Å²) in [6.07, 6.45) is 1.62. The first-order valence-electron chi connectivity index (χ1n) is 9.92. The van der Waals surface area contributed by atoms with E-state index in [-0.39, 0.29) is 17.5 Å². The molecule has 154 valence electrons. The van der Waals surface area contributed by atoms with Crippen molar-refractivity contribution in [3.05, 3.63) is 70.5 Å². The van der Waals surface area contributed by atoms with Gasteiger partial charge in [-0.2, -0.15) is 0 Å². The second kappa shape index (κ2) is 8.92. The molecule has 0 aliphatic carbocycles. The van der Waals surface area contributed by atoms with Gasteiger partial charge in [-0.25, -0.2) is 4.39 Å². The molecule has 1 fully saturated rings. The number of carbonyl (C=O) groups excluding carboxylic acids is 1. The Balaban J connectivity index is 1.44. The van der Waals surface area contributed by atoms with Gasteiger partial charge < -0.3 is 10.2 Å². The molecule has 1 unspecified atom stereocenters. The highest BCUT2D eigenvalue weighted by atomic mass is 79.9. The Bertz CT molecular complexity index is 1060. The van der Waals surface area contributed by atoms with Crippen LogP contribution in [-0.4, -0.2) is 29.2 Å². The van der Waals surface area contributed by atoms with Gasteiger partial charge in [0.2, 0.25) is 5.91 Å². The summed E-state index contributed by atoms with van der Waals surface area (Å²) >= 11 is 3.22. The van der Waals surface area contributed by atoms with Crippen LogP contribution in [0.25, 0.3) is 11.3 Å². The molecule has 1 N–H and O–H groups in total. The number of aromatic nitrogens is 2. The van der Waals surface area contributed by atoms with Gasteiger partial charge in [-0.15, -0.1) is 10.2 Å². The molecule has 1 saturated heterocycles. The third-order valence-electron chi connectivity index (χ3n) is 5.38. The molecular formula is C23H22BrFN4O. The summed E-state index contributed by atoms with van der Waals surface area (Å²) in [5, 5.41) is 11.5. The maximum atomic E-state index is 14.1. The standard InChI is InChI=1S/C23H22BrFN4O/c1-15-5-2-3-7-18(15)20-10-11-22(28-27-20)29-12-4-6-16(14-29)23(30)26-21-9-8-17(24)13-19(21)25/h2-3,5,7-11,13,16H,4,6,12,14H2,1H3,(H,26,30). The van der Waals surface area contributed by atoms with E-state index in [0.717, 1.165) is 42.0 Å². The summed E-state index contributed by atoms with van der Waals surface area (Å²) < 4.78 is 14.7. The minimum atomic E-state index is -0.456. The Morgan fingerprint density at radius 1 is 1.17 bits per heavy atom. The van der Waals surface area contributed by atoms with Crippen LogP contribution >= 0.6 is 15.9 Å². The highest BCUT2D eigenvalue weighted by Gasteiger charge is 2.27.